The van der Waals surface area contributed by atoms with Crippen molar-refractivity contribution < 1.29 is 0 Å². The Kier molecular flexibility index (Phi) is 7.09. The number of hydrogen-bond acceptors (Lipinski definition) is 2. The van der Waals surface area contributed by atoms with Gasteiger partial charge in [-0.1, -0.05) is 24.3 Å². The van der Waals surface area contributed by atoms with Crippen LogP contribution in [0.1, 0.15) is 44.9 Å². The first-order valence-electron chi connectivity index (χ1n) is 7.55. The molecule has 0 heterocycles. The molecule has 0 aromatic heterocycles. The Labute approximate surface area is 134 Å². The Bertz CT molecular complexity index is 469. The highest BCUT2D eigenvalue weighted by molar-refractivity contribution is 7.99. The number of nitrogens with one attached hydrogen (secondary N) is 2. The summed E-state index contributed by atoms with van der Waals surface area (Å²) in [6.45, 7) is 12.5. The number of hydrogen-bond donors (Lipinski definition) is 2. The number of aliphatic imine (C=N–C) groups is 1. The van der Waals surface area contributed by atoms with Gasteiger partial charge in [0.25, 0.3) is 0 Å². The van der Waals surface area contributed by atoms with E-state index >= 15 is 0 Å². The van der Waals surface area contributed by atoms with E-state index in [4.69, 9.17) is 4.99 Å². The van der Waals surface area contributed by atoms with Crippen molar-refractivity contribution >= 4 is 17.7 Å². The van der Waals surface area contributed by atoms with Gasteiger partial charge in [0, 0.05) is 11.3 Å². The van der Waals surface area contributed by atoms with Crippen LogP contribution in [0.25, 0.3) is 0 Å². The molecule has 4 heteroatoms. The van der Waals surface area contributed by atoms with Gasteiger partial charge in [0.05, 0.1) is 12.6 Å². The molecule has 0 aliphatic heterocycles. The predicted molar refractivity (Wildman–Crippen MR) is 96.3 cm³/mol. The quantitative estimate of drug-likeness (QED) is 0.621. The van der Waals surface area contributed by atoms with Crippen LogP contribution in [-0.4, -0.2) is 30.1 Å². The molecule has 0 radical (unpaired) electrons. The maximum Gasteiger partial charge on any atom is 0.191 e. The van der Waals surface area contributed by atoms with Crippen molar-refractivity contribution in [3.63, 3.8) is 0 Å². The highest BCUT2D eigenvalue weighted by atomic mass is 32.2. The SMILES string of the molecule is CCNC(=NCC(C)(C)SC)NC(C)c1ccccc1C. The van der Waals surface area contributed by atoms with E-state index in [1.165, 1.54) is 11.1 Å². The number of rotatable bonds is 6. The minimum absolute atomic E-state index is 0.161. The smallest absolute Gasteiger partial charge is 0.191 e. The van der Waals surface area contributed by atoms with Crippen LogP contribution in [0.5, 0.6) is 0 Å². The van der Waals surface area contributed by atoms with Gasteiger partial charge in [0.2, 0.25) is 0 Å². The van der Waals surface area contributed by atoms with Crippen LogP contribution >= 0.6 is 11.8 Å². The van der Waals surface area contributed by atoms with E-state index in [1.807, 2.05) is 11.8 Å². The third-order valence-corrected chi connectivity index (χ3v) is 4.76. The third-order valence-electron chi connectivity index (χ3n) is 3.52. The Morgan fingerprint density at radius 1 is 1.33 bits per heavy atom. The van der Waals surface area contributed by atoms with Gasteiger partial charge in [-0.3, -0.25) is 4.99 Å². The maximum atomic E-state index is 4.72. The summed E-state index contributed by atoms with van der Waals surface area (Å²) in [6, 6.07) is 8.71. The van der Waals surface area contributed by atoms with Crippen LogP contribution in [0.3, 0.4) is 0 Å². The second-order valence-corrected chi connectivity index (χ2v) is 7.40. The van der Waals surface area contributed by atoms with Crippen molar-refractivity contribution in [3.8, 4) is 0 Å². The van der Waals surface area contributed by atoms with Crippen LogP contribution in [0.4, 0.5) is 0 Å². The van der Waals surface area contributed by atoms with Gasteiger partial charge in [0.15, 0.2) is 5.96 Å². The average molecular weight is 308 g/mol. The lowest BCUT2D eigenvalue weighted by Crippen LogP contribution is -2.39. The monoisotopic (exact) mass is 307 g/mol. The van der Waals surface area contributed by atoms with Crippen LogP contribution in [0.15, 0.2) is 29.3 Å². The van der Waals surface area contributed by atoms with Crippen LogP contribution in [0.2, 0.25) is 0 Å². The minimum Gasteiger partial charge on any atom is -0.357 e. The van der Waals surface area contributed by atoms with Gasteiger partial charge >= 0.3 is 0 Å². The second kappa shape index (κ2) is 8.32. The molecule has 1 aromatic carbocycles. The molecule has 0 amide bonds. The lowest BCUT2D eigenvalue weighted by Gasteiger charge is -2.23. The molecule has 3 nitrogen and oxygen atoms in total. The fourth-order valence-electron chi connectivity index (χ4n) is 2.01. The second-order valence-electron chi connectivity index (χ2n) is 5.88. The molecule has 2 N–H and O–H groups in total. The molecule has 0 fully saturated rings. The molecule has 118 valence electrons. The van der Waals surface area contributed by atoms with E-state index in [0.717, 1.165) is 19.0 Å². The van der Waals surface area contributed by atoms with E-state index in [1.54, 1.807) is 0 Å². The molecule has 0 saturated heterocycles. The van der Waals surface area contributed by atoms with Gasteiger partial charge < -0.3 is 10.6 Å². The molecule has 1 rings (SSSR count). The summed E-state index contributed by atoms with van der Waals surface area (Å²) in [5.41, 5.74) is 2.62. The molecule has 0 aliphatic carbocycles. The van der Waals surface area contributed by atoms with Gasteiger partial charge in [-0.25, -0.2) is 0 Å². The average Bonchev–Trinajstić information content (AvgIpc) is 2.45. The zero-order chi connectivity index (χ0) is 15.9. The third kappa shape index (κ3) is 6.00. The molecule has 0 aliphatic rings. The molecule has 1 atom stereocenters. The molecule has 0 bridgehead atoms. The molecule has 0 spiro atoms. The fourth-order valence-corrected chi connectivity index (χ4v) is 2.20. The lowest BCUT2D eigenvalue weighted by molar-refractivity contribution is 0.667. The van der Waals surface area contributed by atoms with Crippen LogP contribution in [0, 0.1) is 6.92 Å². The summed E-state index contributed by atoms with van der Waals surface area (Å²) in [5.74, 6) is 0.885. The first-order chi connectivity index (χ1) is 9.89. The standard InChI is InChI=1S/C17H29N3S/c1-7-18-16(19-12-17(4,5)21-6)20-14(3)15-11-9-8-10-13(15)2/h8-11,14H,7,12H2,1-6H3,(H2,18,19,20). The van der Waals surface area contributed by atoms with Crippen molar-refractivity contribution in [1.29, 1.82) is 0 Å². The topological polar surface area (TPSA) is 36.4 Å². The highest BCUT2D eigenvalue weighted by Gasteiger charge is 2.16. The number of nitrogens with zero attached hydrogens (tertiary/aromatic N) is 1. The van der Waals surface area contributed by atoms with E-state index < -0.39 is 0 Å². The minimum atomic E-state index is 0.161. The summed E-state index contributed by atoms with van der Waals surface area (Å²) >= 11 is 1.84. The van der Waals surface area contributed by atoms with Crippen molar-refractivity contribution in [2.45, 2.75) is 45.4 Å². The van der Waals surface area contributed by atoms with E-state index in [2.05, 4.69) is 75.8 Å². The molecule has 0 saturated carbocycles. The van der Waals surface area contributed by atoms with E-state index in [9.17, 15) is 0 Å². The molecular weight excluding hydrogens is 278 g/mol. The van der Waals surface area contributed by atoms with Crippen LogP contribution in [-0.2, 0) is 0 Å². The number of aryl methyl sites for hydroxylation is 1. The molecular formula is C17H29N3S. The largest absolute Gasteiger partial charge is 0.357 e. The lowest BCUT2D eigenvalue weighted by atomic mass is 10.0. The summed E-state index contributed by atoms with van der Waals surface area (Å²) < 4.78 is 0.161. The van der Waals surface area contributed by atoms with Gasteiger partial charge in [-0.05, 0) is 52.0 Å². The summed E-state index contributed by atoms with van der Waals surface area (Å²) in [5, 5.41) is 6.83. The first-order valence-corrected chi connectivity index (χ1v) is 8.77. The normalized spacial score (nSPS) is 13.9. The first kappa shape index (κ1) is 17.9. The summed E-state index contributed by atoms with van der Waals surface area (Å²) in [7, 11) is 0. The van der Waals surface area contributed by atoms with E-state index in [0.29, 0.717) is 0 Å². The Morgan fingerprint density at radius 3 is 2.57 bits per heavy atom. The molecule has 1 aromatic rings. The van der Waals surface area contributed by atoms with Crippen molar-refractivity contribution in [1.82, 2.24) is 10.6 Å². The Morgan fingerprint density at radius 2 is 2.00 bits per heavy atom. The molecule has 1 unspecified atom stereocenters. The predicted octanol–water partition coefficient (Wildman–Crippen LogP) is 3.75. The van der Waals surface area contributed by atoms with Crippen LogP contribution < -0.4 is 10.6 Å². The number of guanidine groups is 1. The number of thioether (sulfide) groups is 1. The highest BCUT2D eigenvalue weighted by Crippen LogP contribution is 2.21. The van der Waals surface area contributed by atoms with E-state index in [-0.39, 0.29) is 10.8 Å². The Balaban J connectivity index is 2.78. The maximum absolute atomic E-state index is 4.72. The van der Waals surface area contributed by atoms with Crippen molar-refractivity contribution in [2.24, 2.45) is 4.99 Å². The summed E-state index contributed by atoms with van der Waals surface area (Å²) in [4.78, 5) is 4.72. The van der Waals surface area contributed by atoms with Crippen molar-refractivity contribution in [3.05, 3.63) is 35.4 Å². The zero-order valence-electron chi connectivity index (χ0n) is 14.2. The number of benzene rings is 1. The zero-order valence-corrected chi connectivity index (χ0v) is 15.0. The fraction of sp³-hybridized carbons (Fsp3) is 0.588. The van der Waals surface area contributed by atoms with Gasteiger partial charge in [0.1, 0.15) is 0 Å². The van der Waals surface area contributed by atoms with Gasteiger partial charge in [-0.15, -0.1) is 0 Å². The van der Waals surface area contributed by atoms with Gasteiger partial charge in [-0.2, -0.15) is 11.8 Å². The molecule has 21 heavy (non-hydrogen) atoms. The Hall–Kier alpha value is -1.16. The van der Waals surface area contributed by atoms with Crippen molar-refractivity contribution in [2.75, 3.05) is 19.3 Å². The summed E-state index contributed by atoms with van der Waals surface area (Å²) in [6.07, 6.45) is 2.13.